The van der Waals surface area contributed by atoms with Gasteiger partial charge in [-0.05, 0) is 30.9 Å². The van der Waals surface area contributed by atoms with E-state index in [1.54, 1.807) is 21.3 Å². The summed E-state index contributed by atoms with van der Waals surface area (Å²) in [5.74, 6) is 0.332. The van der Waals surface area contributed by atoms with Crippen LogP contribution in [0.1, 0.15) is 37.7 Å². The number of aryl methyl sites for hydroxylation is 1. The fraction of sp³-hybridized carbons (Fsp3) is 0.619. The highest BCUT2D eigenvalue weighted by Gasteiger charge is 2.33. The first-order valence-electron chi connectivity index (χ1n) is 11.0. The van der Waals surface area contributed by atoms with Gasteiger partial charge in [-0.3, -0.25) is 9.59 Å². The molecule has 1 N–H and O–H groups in total. The number of piperazine rings is 1. The highest BCUT2D eigenvalue weighted by atomic mass is 32.2. The van der Waals surface area contributed by atoms with Crippen LogP contribution in [0.3, 0.4) is 0 Å². The highest BCUT2D eigenvalue weighted by molar-refractivity contribution is 7.86. The van der Waals surface area contributed by atoms with Crippen LogP contribution in [0, 0.1) is 0 Å². The quantitative estimate of drug-likeness (QED) is 0.727. The molecule has 1 aromatic rings. The molecule has 0 saturated carbocycles. The second-order valence-corrected chi connectivity index (χ2v) is 10.2. The Labute approximate surface area is 183 Å². The number of rotatable bonds is 5. The topological polar surface area (TPSA) is 99.3 Å². The third-order valence-electron chi connectivity index (χ3n) is 6.15. The van der Waals surface area contributed by atoms with Gasteiger partial charge < -0.3 is 15.0 Å². The summed E-state index contributed by atoms with van der Waals surface area (Å²) in [5.41, 5.74) is 1.79. The minimum absolute atomic E-state index is 0.0197. The first kappa shape index (κ1) is 22.0. The Kier molecular flexibility index (Phi) is 6.78. The van der Waals surface area contributed by atoms with Gasteiger partial charge in [-0.15, -0.1) is 0 Å². The molecule has 1 aromatic carbocycles. The Morgan fingerprint density at radius 1 is 0.935 bits per heavy atom. The molecule has 4 rings (SSSR count). The minimum Gasteiger partial charge on any atom is -0.484 e. The maximum atomic E-state index is 12.9. The molecule has 0 aromatic heterocycles. The van der Waals surface area contributed by atoms with Gasteiger partial charge in [0.05, 0.1) is 0 Å². The lowest BCUT2D eigenvalue weighted by Gasteiger charge is -2.36. The smallest absolute Gasteiger partial charge is 0.282 e. The molecule has 9 nitrogen and oxygen atoms in total. The van der Waals surface area contributed by atoms with Crippen molar-refractivity contribution in [2.45, 2.75) is 38.5 Å². The van der Waals surface area contributed by atoms with E-state index in [-0.39, 0.29) is 18.4 Å². The minimum atomic E-state index is -3.46. The molecule has 2 saturated heterocycles. The number of nitrogens with zero attached hydrogens (tertiary/aromatic N) is 3. The van der Waals surface area contributed by atoms with Gasteiger partial charge in [0.25, 0.3) is 16.1 Å². The van der Waals surface area contributed by atoms with E-state index >= 15 is 0 Å². The summed E-state index contributed by atoms with van der Waals surface area (Å²) in [5, 5.41) is 2.82. The number of amides is 2. The molecule has 10 heteroatoms. The molecular formula is C21H30N4O5S. The van der Waals surface area contributed by atoms with Crippen LogP contribution in [0.5, 0.6) is 5.75 Å². The van der Waals surface area contributed by atoms with E-state index in [0.717, 1.165) is 36.9 Å². The van der Waals surface area contributed by atoms with Gasteiger partial charge in [0, 0.05) is 57.4 Å². The number of ether oxygens (including phenoxy) is 1. The predicted octanol–water partition coefficient (Wildman–Crippen LogP) is 1.22. The Morgan fingerprint density at radius 3 is 2.32 bits per heavy atom. The number of hydrogen-bond acceptors (Lipinski definition) is 5. The third-order valence-corrected chi connectivity index (χ3v) is 8.18. The second-order valence-electron chi connectivity index (χ2n) is 8.26. The predicted molar refractivity (Wildman–Crippen MR) is 116 cm³/mol. The number of benzene rings is 1. The molecule has 0 bridgehead atoms. The van der Waals surface area contributed by atoms with E-state index in [4.69, 9.17) is 4.74 Å². The Balaban J connectivity index is 1.27. The molecule has 0 spiro atoms. The van der Waals surface area contributed by atoms with Crippen molar-refractivity contribution < 1.29 is 22.7 Å². The average Bonchev–Trinajstić information content (AvgIpc) is 3.07. The van der Waals surface area contributed by atoms with Crippen LogP contribution in [0.15, 0.2) is 18.2 Å². The first-order valence-corrected chi connectivity index (χ1v) is 12.4. The van der Waals surface area contributed by atoms with Crippen molar-refractivity contribution >= 4 is 27.7 Å². The lowest BCUT2D eigenvalue weighted by atomic mass is 10.0. The van der Waals surface area contributed by atoms with Crippen LogP contribution in [-0.2, 0) is 26.2 Å². The van der Waals surface area contributed by atoms with E-state index in [1.165, 1.54) is 4.31 Å². The first-order chi connectivity index (χ1) is 14.9. The zero-order valence-electron chi connectivity index (χ0n) is 17.7. The van der Waals surface area contributed by atoms with Gasteiger partial charge in [0.1, 0.15) is 5.75 Å². The summed E-state index contributed by atoms with van der Waals surface area (Å²) in [7, 11) is -3.46. The van der Waals surface area contributed by atoms with Crippen molar-refractivity contribution in [3.63, 3.8) is 0 Å². The van der Waals surface area contributed by atoms with E-state index in [9.17, 15) is 18.0 Å². The summed E-state index contributed by atoms with van der Waals surface area (Å²) in [6.07, 6.45) is 5.13. The van der Waals surface area contributed by atoms with E-state index in [1.807, 2.05) is 6.07 Å². The number of nitrogens with one attached hydrogen (secondary N) is 1. The molecule has 2 amide bonds. The molecular weight excluding hydrogens is 420 g/mol. The standard InChI is InChI=1S/C21H30N4O5S/c26-20-8-6-17-5-7-18(15-19(17)22-20)30-16-21(27)23-11-13-25(14-12-23)31(28,29)24-9-3-1-2-4-10-24/h5,7,15H,1-4,6,8-14,16H2,(H,22,26). The van der Waals surface area contributed by atoms with E-state index in [0.29, 0.717) is 57.9 Å². The number of hydrogen-bond donors (Lipinski definition) is 1. The SMILES string of the molecule is O=C1CCc2ccc(OCC(=O)N3CCN(S(=O)(=O)N4CCCCCC4)CC3)cc2N1. The van der Waals surface area contributed by atoms with E-state index in [2.05, 4.69) is 5.32 Å². The third kappa shape index (κ3) is 5.19. The Hall–Kier alpha value is -2.17. The summed E-state index contributed by atoms with van der Waals surface area (Å²) < 4.78 is 34.6. The van der Waals surface area contributed by atoms with Crippen molar-refractivity contribution in [1.82, 2.24) is 13.5 Å². The van der Waals surface area contributed by atoms with Gasteiger partial charge in [-0.1, -0.05) is 18.9 Å². The number of fused-ring (bicyclic) bond motifs is 1. The molecule has 0 atom stereocenters. The normalized spacial score (nSPS) is 21.2. The molecule has 3 aliphatic rings. The summed E-state index contributed by atoms with van der Waals surface area (Å²) >= 11 is 0. The molecule has 2 fully saturated rings. The van der Waals surface area contributed by atoms with Crippen molar-refractivity contribution in [1.29, 1.82) is 0 Å². The molecule has 0 unspecified atom stereocenters. The maximum absolute atomic E-state index is 12.9. The summed E-state index contributed by atoms with van der Waals surface area (Å²) in [6, 6.07) is 5.45. The van der Waals surface area contributed by atoms with Gasteiger partial charge in [-0.25, -0.2) is 0 Å². The van der Waals surface area contributed by atoms with Gasteiger partial charge in [-0.2, -0.15) is 17.0 Å². The largest absolute Gasteiger partial charge is 0.484 e. The molecule has 31 heavy (non-hydrogen) atoms. The Bertz CT molecular complexity index is 920. The monoisotopic (exact) mass is 450 g/mol. The van der Waals surface area contributed by atoms with Crippen molar-refractivity contribution in [2.24, 2.45) is 0 Å². The number of anilines is 1. The van der Waals surface area contributed by atoms with Crippen LogP contribution >= 0.6 is 0 Å². The van der Waals surface area contributed by atoms with Crippen molar-refractivity contribution in [3.05, 3.63) is 23.8 Å². The van der Waals surface area contributed by atoms with Crippen LogP contribution in [0.4, 0.5) is 5.69 Å². The van der Waals surface area contributed by atoms with Gasteiger partial charge in [0.2, 0.25) is 5.91 Å². The fourth-order valence-corrected chi connectivity index (χ4v) is 5.95. The van der Waals surface area contributed by atoms with Gasteiger partial charge >= 0.3 is 0 Å². The second kappa shape index (κ2) is 9.54. The molecule has 0 aliphatic carbocycles. The highest BCUT2D eigenvalue weighted by Crippen LogP contribution is 2.27. The molecule has 3 aliphatic heterocycles. The van der Waals surface area contributed by atoms with E-state index < -0.39 is 10.2 Å². The fourth-order valence-electron chi connectivity index (χ4n) is 4.28. The zero-order valence-corrected chi connectivity index (χ0v) is 18.5. The maximum Gasteiger partial charge on any atom is 0.282 e. The van der Waals surface area contributed by atoms with Crippen LogP contribution in [-0.4, -0.2) is 79.6 Å². The average molecular weight is 451 g/mol. The van der Waals surface area contributed by atoms with Crippen LogP contribution in [0.2, 0.25) is 0 Å². The van der Waals surface area contributed by atoms with Crippen molar-refractivity contribution in [2.75, 3.05) is 51.2 Å². The van der Waals surface area contributed by atoms with Crippen molar-refractivity contribution in [3.8, 4) is 5.75 Å². The number of carbonyl (C=O) groups is 2. The van der Waals surface area contributed by atoms with Gasteiger partial charge in [0.15, 0.2) is 6.61 Å². The summed E-state index contributed by atoms with van der Waals surface area (Å²) in [4.78, 5) is 25.8. The van der Waals surface area contributed by atoms with Crippen LogP contribution < -0.4 is 10.1 Å². The lowest BCUT2D eigenvalue weighted by molar-refractivity contribution is -0.134. The van der Waals surface area contributed by atoms with Crippen LogP contribution in [0.25, 0.3) is 0 Å². The lowest BCUT2D eigenvalue weighted by Crippen LogP contribution is -2.55. The molecule has 0 radical (unpaired) electrons. The Morgan fingerprint density at radius 2 is 1.61 bits per heavy atom. The number of carbonyl (C=O) groups excluding carboxylic acids is 2. The molecule has 170 valence electrons. The molecule has 3 heterocycles. The zero-order chi connectivity index (χ0) is 21.8. The summed E-state index contributed by atoms with van der Waals surface area (Å²) in [6.45, 7) is 2.36.